The number of ether oxygens (including phenoxy) is 2. The van der Waals surface area contributed by atoms with Crippen molar-refractivity contribution < 1.29 is 19.1 Å². The fourth-order valence-electron chi connectivity index (χ4n) is 3.41. The van der Waals surface area contributed by atoms with Crippen LogP contribution < -0.4 is 14.4 Å². The van der Waals surface area contributed by atoms with Crippen LogP contribution in [-0.4, -0.2) is 43.5 Å². The lowest BCUT2D eigenvalue weighted by Gasteiger charge is -2.24. The van der Waals surface area contributed by atoms with Crippen LogP contribution in [0.5, 0.6) is 11.5 Å². The van der Waals surface area contributed by atoms with E-state index in [2.05, 4.69) is 43.0 Å². The van der Waals surface area contributed by atoms with Crippen LogP contribution in [0, 0.1) is 6.92 Å². The summed E-state index contributed by atoms with van der Waals surface area (Å²) in [6.45, 7) is 6.38. The van der Waals surface area contributed by atoms with Crippen molar-refractivity contribution in [1.82, 2.24) is 4.90 Å². The van der Waals surface area contributed by atoms with Crippen molar-refractivity contribution in [2.24, 2.45) is 0 Å². The standard InChI is InChI=1S/C23H28N2O4/c1-4-24(19-8-5-17(2)6-9-19)16-18-7-10-20(21(15-18)28-3)29-14-13-25-22(26)11-12-23(25)27/h5-10,15H,4,11-14,16H2,1-3H3. The third-order valence-corrected chi connectivity index (χ3v) is 5.11. The first kappa shape index (κ1) is 20.7. The zero-order valence-electron chi connectivity index (χ0n) is 17.3. The van der Waals surface area contributed by atoms with E-state index in [0.717, 1.165) is 18.7 Å². The van der Waals surface area contributed by atoms with Gasteiger partial charge in [0.1, 0.15) is 6.61 Å². The SMILES string of the molecule is CCN(Cc1ccc(OCCN2C(=O)CCC2=O)c(OC)c1)c1ccc(C)cc1. The second kappa shape index (κ2) is 9.45. The molecule has 6 heteroatoms. The number of anilines is 1. The molecule has 1 heterocycles. The fraction of sp³-hybridized carbons (Fsp3) is 0.391. The van der Waals surface area contributed by atoms with Gasteiger partial charge >= 0.3 is 0 Å². The number of rotatable bonds is 9. The molecule has 0 aliphatic carbocycles. The average Bonchev–Trinajstić information content (AvgIpc) is 3.05. The third-order valence-electron chi connectivity index (χ3n) is 5.11. The Bertz CT molecular complexity index is 848. The second-order valence-electron chi connectivity index (χ2n) is 7.12. The predicted octanol–water partition coefficient (Wildman–Crippen LogP) is 3.56. The van der Waals surface area contributed by atoms with Crippen LogP contribution in [0.1, 0.15) is 30.9 Å². The fourth-order valence-corrected chi connectivity index (χ4v) is 3.41. The van der Waals surface area contributed by atoms with E-state index in [0.29, 0.717) is 24.3 Å². The molecule has 1 fully saturated rings. The highest BCUT2D eigenvalue weighted by atomic mass is 16.5. The molecule has 1 saturated heterocycles. The lowest BCUT2D eigenvalue weighted by atomic mass is 10.1. The Labute approximate surface area is 172 Å². The van der Waals surface area contributed by atoms with Crippen molar-refractivity contribution in [3.05, 3.63) is 53.6 Å². The van der Waals surface area contributed by atoms with Crippen molar-refractivity contribution in [3.8, 4) is 11.5 Å². The van der Waals surface area contributed by atoms with Gasteiger partial charge in [0.15, 0.2) is 11.5 Å². The zero-order valence-corrected chi connectivity index (χ0v) is 17.3. The molecule has 0 radical (unpaired) electrons. The van der Waals surface area contributed by atoms with Crippen molar-refractivity contribution in [2.75, 3.05) is 31.7 Å². The minimum atomic E-state index is -0.128. The molecule has 1 aliphatic heterocycles. The molecule has 2 aromatic rings. The van der Waals surface area contributed by atoms with Gasteiger partial charge in [-0.15, -0.1) is 0 Å². The Balaban J connectivity index is 1.64. The molecule has 0 saturated carbocycles. The molecule has 0 aromatic heterocycles. The van der Waals surface area contributed by atoms with Crippen LogP contribution in [0.4, 0.5) is 5.69 Å². The molecule has 6 nitrogen and oxygen atoms in total. The number of benzene rings is 2. The van der Waals surface area contributed by atoms with Crippen molar-refractivity contribution in [3.63, 3.8) is 0 Å². The molecule has 0 N–H and O–H groups in total. The maximum absolute atomic E-state index is 11.7. The molecular weight excluding hydrogens is 368 g/mol. The Hall–Kier alpha value is -3.02. The molecule has 1 aliphatic rings. The molecule has 29 heavy (non-hydrogen) atoms. The topological polar surface area (TPSA) is 59.1 Å². The van der Waals surface area contributed by atoms with Gasteiger partial charge in [0, 0.05) is 31.6 Å². The van der Waals surface area contributed by atoms with E-state index in [-0.39, 0.29) is 25.0 Å². The Morgan fingerprint density at radius 1 is 1.00 bits per heavy atom. The highest BCUT2D eigenvalue weighted by Gasteiger charge is 2.28. The normalized spacial score (nSPS) is 13.7. The molecule has 2 amide bonds. The van der Waals surface area contributed by atoms with Gasteiger partial charge in [-0.2, -0.15) is 0 Å². The molecule has 0 bridgehead atoms. The summed E-state index contributed by atoms with van der Waals surface area (Å²) in [5, 5.41) is 0. The third kappa shape index (κ3) is 5.08. The van der Waals surface area contributed by atoms with Gasteiger partial charge in [-0.05, 0) is 43.7 Å². The summed E-state index contributed by atoms with van der Waals surface area (Å²) in [5.74, 6) is 0.989. The van der Waals surface area contributed by atoms with Crippen LogP contribution in [0.3, 0.4) is 0 Å². The first-order chi connectivity index (χ1) is 14.0. The van der Waals surface area contributed by atoms with Crippen LogP contribution in [0.25, 0.3) is 0 Å². The van der Waals surface area contributed by atoms with Gasteiger partial charge in [-0.25, -0.2) is 0 Å². The first-order valence-corrected chi connectivity index (χ1v) is 9.96. The van der Waals surface area contributed by atoms with Crippen LogP contribution in [0.2, 0.25) is 0 Å². The lowest BCUT2D eigenvalue weighted by Crippen LogP contribution is -2.33. The van der Waals surface area contributed by atoms with Crippen molar-refractivity contribution >= 4 is 17.5 Å². The maximum Gasteiger partial charge on any atom is 0.229 e. The molecule has 154 valence electrons. The Morgan fingerprint density at radius 3 is 2.31 bits per heavy atom. The summed E-state index contributed by atoms with van der Waals surface area (Å²) in [6, 6.07) is 14.4. The van der Waals surface area contributed by atoms with Crippen molar-refractivity contribution in [2.45, 2.75) is 33.2 Å². The number of hydrogen-bond acceptors (Lipinski definition) is 5. The average molecular weight is 396 g/mol. The Morgan fingerprint density at radius 2 is 1.69 bits per heavy atom. The maximum atomic E-state index is 11.7. The van der Waals surface area contributed by atoms with Crippen LogP contribution in [0.15, 0.2) is 42.5 Å². The highest BCUT2D eigenvalue weighted by molar-refractivity contribution is 6.01. The second-order valence-corrected chi connectivity index (χ2v) is 7.12. The highest BCUT2D eigenvalue weighted by Crippen LogP contribution is 2.29. The summed E-state index contributed by atoms with van der Waals surface area (Å²) in [7, 11) is 1.61. The smallest absolute Gasteiger partial charge is 0.229 e. The molecule has 3 rings (SSSR count). The van der Waals surface area contributed by atoms with E-state index in [1.165, 1.54) is 16.2 Å². The zero-order chi connectivity index (χ0) is 20.8. The van der Waals surface area contributed by atoms with E-state index in [9.17, 15) is 9.59 Å². The van der Waals surface area contributed by atoms with Gasteiger partial charge in [-0.3, -0.25) is 14.5 Å². The van der Waals surface area contributed by atoms with E-state index >= 15 is 0 Å². The number of hydrogen-bond donors (Lipinski definition) is 0. The number of carbonyl (C=O) groups excluding carboxylic acids is 2. The minimum absolute atomic E-state index is 0.128. The first-order valence-electron chi connectivity index (χ1n) is 9.96. The van der Waals surface area contributed by atoms with E-state index in [1.807, 2.05) is 18.2 Å². The molecular formula is C23H28N2O4. The molecule has 0 unspecified atom stereocenters. The lowest BCUT2D eigenvalue weighted by molar-refractivity contribution is -0.138. The molecule has 2 aromatic carbocycles. The number of carbonyl (C=O) groups is 2. The molecule has 0 atom stereocenters. The van der Waals surface area contributed by atoms with E-state index in [1.54, 1.807) is 7.11 Å². The van der Waals surface area contributed by atoms with Crippen molar-refractivity contribution in [1.29, 1.82) is 0 Å². The largest absolute Gasteiger partial charge is 0.493 e. The van der Waals surface area contributed by atoms with Gasteiger partial charge in [0.25, 0.3) is 0 Å². The van der Waals surface area contributed by atoms with E-state index in [4.69, 9.17) is 9.47 Å². The summed E-state index contributed by atoms with van der Waals surface area (Å²) in [4.78, 5) is 26.9. The number of amides is 2. The Kier molecular flexibility index (Phi) is 6.75. The summed E-state index contributed by atoms with van der Waals surface area (Å²) < 4.78 is 11.3. The molecule has 0 spiro atoms. The monoisotopic (exact) mass is 396 g/mol. The predicted molar refractivity (Wildman–Crippen MR) is 112 cm³/mol. The van der Waals surface area contributed by atoms with Gasteiger partial charge < -0.3 is 14.4 Å². The summed E-state index contributed by atoms with van der Waals surface area (Å²) in [6.07, 6.45) is 0.595. The number of likely N-dealkylation sites (tertiary alicyclic amines) is 1. The number of aryl methyl sites for hydroxylation is 1. The quantitative estimate of drug-likeness (QED) is 0.607. The number of imide groups is 1. The van der Waals surface area contributed by atoms with Crippen LogP contribution in [-0.2, 0) is 16.1 Å². The van der Waals surface area contributed by atoms with Crippen LogP contribution >= 0.6 is 0 Å². The number of nitrogens with zero attached hydrogens (tertiary/aromatic N) is 2. The minimum Gasteiger partial charge on any atom is -0.493 e. The van der Waals surface area contributed by atoms with Gasteiger partial charge in [0.2, 0.25) is 11.8 Å². The van der Waals surface area contributed by atoms with E-state index < -0.39 is 0 Å². The van der Waals surface area contributed by atoms with Gasteiger partial charge in [0.05, 0.1) is 13.7 Å². The summed E-state index contributed by atoms with van der Waals surface area (Å²) >= 11 is 0. The van der Waals surface area contributed by atoms with Gasteiger partial charge in [-0.1, -0.05) is 23.8 Å². The number of methoxy groups -OCH3 is 1. The summed E-state index contributed by atoms with van der Waals surface area (Å²) in [5.41, 5.74) is 3.53.